The van der Waals surface area contributed by atoms with Gasteiger partial charge >= 0.3 is 0 Å². The van der Waals surface area contributed by atoms with Gasteiger partial charge in [0.2, 0.25) is 5.91 Å². The Labute approximate surface area is 144 Å². The fourth-order valence-corrected chi connectivity index (χ4v) is 4.86. The summed E-state index contributed by atoms with van der Waals surface area (Å²) in [6.07, 6.45) is 7.52. The lowest BCUT2D eigenvalue weighted by molar-refractivity contribution is -0.127. The van der Waals surface area contributed by atoms with Gasteiger partial charge in [0.1, 0.15) is 0 Å². The largest absolute Gasteiger partial charge is 0.390 e. The molecule has 4 nitrogen and oxygen atoms in total. The lowest BCUT2D eigenvalue weighted by atomic mass is 10.1. The Hall–Kier alpha value is -1.39. The Morgan fingerprint density at radius 1 is 1.17 bits per heavy atom. The molecule has 0 unspecified atom stereocenters. The molecule has 24 heavy (non-hydrogen) atoms. The van der Waals surface area contributed by atoms with Crippen molar-refractivity contribution in [2.24, 2.45) is 5.92 Å². The number of fused-ring (bicyclic) bond motifs is 1. The van der Waals surface area contributed by atoms with Crippen molar-refractivity contribution in [3.05, 3.63) is 35.4 Å². The number of carbonyl (C=O) groups is 1. The maximum Gasteiger partial charge on any atom is 0.237 e. The second kappa shape index (κ2) is 6.85. The van der Waals surface area contributed by atoms with Crippen LogP contribution >= 0.6 is 0 Å². The number of amides is 1. The van der Waals surface area contributed by atoms with Crippen LogP contribution in [0.1, 0.15) is 55.7 Å². The van der Waals surface area contributed by atoms with Crippen LogP contribution in [0.5, 0.6) is 0 Å². The predicted molar refractivity (Wildman–Crippen MR) is 93.6 cm³/mol. The molecule has 1 saturated heterocycles. The number of likely N-dealkylation sites (tertiary alicyclic amines) is 1. The smallest absolute Gasteiger partial charge is 0.237 e. The number of carbonyl (C=O) groups excluding carboxylic acids is 1. The first kappa shape index (κ1) is 16.1. The Kier molecular flexibility index (Phi) is 4.59. The average molecular weight is 328 g/mol. The maximum absolute atomic E-state index is 12.9. The summed E-state index contributed by atoms with van der Waals surface area (Å²) in [7, 11) is 0. The molecule has 0 spiro atoms. The van der Waals surface area contributed by atoms with Crippen molar-refractivity contribution in [2.45, 2.75) is 63.1 Å². The van der Waals surface area contributed by atoms with Crippen LogP contribution < -0.4 is 5.32 Å². The van der Waals surface area contributed by atoms with Gasteiger partial charge in [-0.05, 0) is 49.3 Å². The van der Waals surface area contributed by atoms with Crippen LogP contribution in [0.2, 0.25) is 0 Å². The lowest BCUT2D eigenvalue weighted by Crippen LogP contribution is -2.47. The van der Waals surface area contributed by atoms with Gasteiger partial charge in [0.15, 0.2) is 0 Å². The van der Waals surface area contributed by atoms with Crippen LogP contribution in [-0.2, 0) is 11.2 Å². The second-order valence-corrected chi connectivity index (χ2v) is 7.76. The van der Waals surface area contributed by atoms with E-state index in [1.807, 2.05) is 24.3 Å². The molecule has 1 aromatic rings. The Bertz CT molecular complexity index is 597. The number of nitrogens with one attached hydrogen (secondary N) is 1. The SMILES string of the molecule is O=C(N[C@H]1c2ccccc2C[C@H]1O)[C@H]1CCCN1CC1CCCC1. The fourth-order valence-electron chi connectivity index (χ4n) is 4.86. The molecule has 3 atom stereocenters. The van der Waals surface area contributed by atoms with E-state index in [0.717, 1.165) is 43.0 Å². The van der Waals surface area contributed by atoms with E-state index in [1.165, 1.54) is 25.7 Å². The summed E-state index contributed by atoms with van der Waals surface area (Å²) in [6.45, 7) is 2.11. The molecule has 1 aliphatic heterocycles. The van der Waals surface area contributed by atoms with Gasteiger partial charge in [0.05, 0.1) is 18.2 Å². The van der Waals surface area contributed by atoms with E-state index in [9.17, 15) is 9.90 Å². The zero-order valence-electron chi connectivity index (χ0n) is 14.3. The summed E-state index contributed by atoms with van der Waals surface area (Å²) in [6, 6.07) is 7.80. The fraction of sp³-hybridized carbons (Fsp3) is 0.650. The quantitative estimate of drug-likeness (QED) is 0.892. The zero-order valence-corrected chi connectivity index (χ0v) is 14.3. The van der Waals surface area contributed by atoms with Crippen molar-refractivity contribution < 1.29 is 9.90 Å². The first-order valence-electron chi connectivity index (χ1n) is 9.52. The monoisotopic (exact) mass is 328 g/mol. The molecule has 2 aliphatic carbocycles. The van der Waals surface area contributed by atoms with E-state index in [0.29, 0.717) is 6.42 Å². The van der Waals surface area contributed by atoms with Gasteiger partial charge in [0.25, 0.3) is 0 Å². The highest BCUT2D eigenvalue weighted by Gasteiger charge is 2.37. The molecule has 130 valence electrons. The zero-order chi connectivity index (χ0) is 16.5. The van der Waals surface area contributed by atoms with Gasteiger partial charge in [-0.15, -0.1) is 0 Å². The third-order valence-corrected chi connectivity index (χ3v) is 6.14. The summed E-state index contributed by atoms with van der Waals surface area (Å²) in [5, 5.41) is 13.5. The normalized spacial score (nSPS) is 30.6. The minimum Gasteiger partial charge on any atom is -0.390 e. The number of aliphatic hydroxyl groups excluding tert-OH is 1. The average Bonchev–Trinajstić information content (AvgIpc) is 3.30. The third kappa shape index (κ3) is 3.09. The Morgan fingerprint density at radius 3 is 2.79 bits per heavy atom. The van der Waals surface area contributed by atoms with E-state index < -0.39 is 6.10 Å². The van der Waals surface area contributed by atoms with Crippen molar-refractivity contribution in [1.29, 1.82) is 0 Å². The Morgan fingerprint density at radius 2 is 1.96 bits per heavy atom. The van der Waals surface area contributed by atoms with E-state index in [2.05, 4.69) is 10.2 Å². The van der Waals surface area contributed by atoms with Gasteiger partial charge in [-0.2, -0.15) is 0 Å². The van der Waals surface area contributed by atoms with Crippen molar-refractivity contribution >= 4 is 5.91 Å². The summed E-state index contributed by atoms with van der Waals surface area (Å²) in [5.74, 6) is 0.877. The lowest BCUT2D eigenvalue weighted by Gasteiger charge is -2.28. The molecule has 1 aromatic carbocycles. The molecule has 1 heterocycles. The van der Waals surface area contributed by atoms with Crippen molar-refractivity contribution in [1.82, 2.24) is 10.2 Å². The highest BCUT2D eigenvalue weighted by Crippen LogP contribution is 2.32. The Balaban J connectivity index is 1.42. The number of rotatable bonds is 4. The topological polar surface area (TPSA) is 52.6 Å². The molecule has 1 amide bonds. The summed E-state index contributed by atoms with van der Waals surface area (Å²) in [5.41, 5.74) is 2.24. The number of hydrogen-bond donors (Lipinski definition) is 2. The highest BCUT2D eigenvalue weighted by atomic mass is 16.3. The molecular weight excluding hydrogens is 300 g/mol. The molecule has 3 aliphatic rings. The molecule has 0 aromatic heterocycles. The standard InChI is InChI=1S/C20H28N2O2/c23-18-12-15-8-3-4-9-16(15)19(18)21-20(24)17-10-5-11-22(17)13-14-6-1-2-7-14/h3-4,8-9,14,17-19,23H,1-2,5-7,10-13H2,(H,21,24)/t17-,18-,19+/m1/s1. The second-order valence-electron chi connectivity index (χ2n) is 7.76. The molecule has 0 bridgehead atoms. The van der Waals surface area contributed by atoms with Crippen molar-refractivity contribution in [2.75, 3.05) is 13.1 Å². The molecule has 4 heteroatoms. The van der Waals surface area contributed by atoms with E-state index in [1.54, 1.807) is 0 Å². The van der Waals surface area contributed by atoms with Gasteiger partial charge in [-0.25, -0.2) is 0 Å². The van der Waals surface area contributed by atoms with Crippen LogP contribution in [0, 0.1) is 5.92 Å². The van der Waals surface area contributed by atoms with E-state index in [4.69, 9.17) is 0 Å². The van der Waals surface area contributed by atoms with Gasteiger partial charge in [-0.1, -0.05) is 37.1 Å². The molecule has 1 saturated carbocycles. The highest BCUT2D eigenvalue weighted by molar-refractivity contribution is 5.82. The van der Waals surface area contributed by atoms with Crippen LogP contribution in [0.4, 0.5) is 0 Å². The number of hydrogen-bond acceptors (Lipinski definition) is 3. The van der Waals surface area contributed by atoms with Gasteiger partial charge in [0, 0.05) is 13.0 Å². The summed E-state index contributed by atoms with van der Waals surface area (Å²) >= 11 is 0. The third-order valence-electron chi connectivity index (χ3n) is 6.14. The van der Waals surface area contributed by atoms with Crippen LogP contribution in [-0.4, -0.2) is 41.1 Å². The molecule has 2 fully saturated rings. The molecular formula is C20H28N2O2. The molecule has 4 rings (SSSR count). The predicted octanol–water partition coefficient (Wildman–Crippen LogP) is 2.42. The minimum atomic E-state index is -0.504. The van der Waals surface area contributed by atoms with Gasteiger partial charge in [-0.3, -0.25) is 9.69 Å². The number of benzene rings is 1. The van der Waals surface area contributed by atoms with Crippen molar-refractivity contribution in [3.63, 3.8) is 0 Å². The number of nitrogens with zero attached hydrogens (tertiary/aromatic N) is 1. The van der Waals surface area contributed by atoms with E-state index >= 15 is 0 Å². The van der Waals surface area contributed by atoms with Crippen LogP contribution in [0.15, 0.2) is 24.3 Å². The van der Waals surface area contributed by atoms with Crippen LogP contribution in [0.3, 0.4) is 0 Å². The molecule has 2 N–H and O–H groups in total. The molecule has 0 radical (unpaired) electrons. The minimum absolute atomic E-state index is 0.00874. The first-order valence-corrected chi connectivity index (χ1v) is 9.52. The summed E-state index contributed by atoms with van der Waals surface area (Å²) in [4.78, 5) is 15.3. The van der Waals surface area contributed by atoms with Gasteiger partial charge < -0.3 is 10.4 Å². The van der Waals surface area contributed by atoms with Crippen molar-refractivity contribution in [3.8, 4) is 0 Å². The van der Waals surface area contributed by atoms with Crippen LogP contribution in [0.25, 0.3) is 0 Å². The summed E-state index contributed by atoms with van der Waals surface area (Å²) < 4.78 is 0. The number of aliphatic hydroxyl groups is 1. The first-order chi connectivity index (χ1) is 11.7. The van der Waals surface area contributed by atoms with E-state index in [-0.39, 0.29) is 18.0 Å². The maximum atomic E-state index is 12.9.